The van der Waals surface area contributed by atoms with Crippen molar-refractivity contribution in [2.75, 3.05) is 0 Å². The van der Waals surface area contributed by atoms with Crippen molar-refractivity contribution in [1.29, 1.82) is 0 Å². The second-order valence-corrected chi connectivity index (χ2v) is 2.50. The highest BCUT2D eigenvalue weighted by Gasteiger charge is 2.05. The summed E-state index contributed by atoms with van der Waals surface area (Å²) in [6.45, 7) is 2.19. The van der Waals surface area contributed by atoms with Crippen LogP contribution >= 0.6 is 0 Å². The summed E-state index contributed by atoms with van der Waals surface area (Å²) in [5.41, 5.74) is 6.63. The van der Waals surface area contributed by atoms with Crippen molar-refractivity contribution in [3.05, 3.63) is 23.9 Å². The van der Waals surface area contributed by atoms with Gasteiger partial charge in [0.05, 0.1) is 0 Å². The Bertz CT molecular complexity index is 145. The summed E-state index contributed by atoms with van der Waals surface area (Å²) in [6.07, 6.45) is 8.49. The summed E-state index contributed by atoms with van der Waals surface area (Å²) < 4.78 is 0. The first kappa shape index (κ1) is 6.40. The zero-order chi connectivity index (χ0) is 6.69. The zero-order valence-electron chi connectivity index (χ0n) is 5.80. The molecule has 0 aliphatic heterocycles. The Morgan fingerprint density at radius 3 is 3.00 bits per heavy atom. The van der Waals surface area contributed by atoms with Gasteiger partial charge in [-0.05, 0) is 24.8 Å². The van der Waals surface area contributed by atoms with E-state index in [-0.39, 0.29) is 0 Å². The molecule has 1 nitrogen and oxygen atoms in total. The molecule has 1 aliphatic carbocycles. The molecule has 1 aliphatic rings. The van der Waals surface area contributed by atoms with Crippen LogP contribution in [0.1, 0.15) is 19.8 Å². The third-order valence-electron chi connectivity index (χ3n) is 1.72. The Hall–Kier alpha value is -0.720. The van der Waals surface area contributed by atoms with Gasteiger partial charge in [-0.15, -0.1) is 0 Å². The van der Waals surface area contributed by atoms with E-state index in [9.17, 15) is 0 Å². The number of nitrogens with two attached hydrogens (primary N) is 1. The first-order valence-corrected chi connectivity index (χ1v) is 3.45. The van der Waals surface area contributed by atoms with Crippen molar-refractivity contribution in [2.24, 2.45) is 11.7 Å². The fourth-order valence-corrected chi connectivity index (χ4v) is 1.06. The average Bonchev–Trinajstić information content (AvgIpc) is 1.88. The van der Waals surface area contributed by atoms with E-state index in [0.717, 1.165) is 12.1 Å². The summed E-state index contributed by atoms with van der Waals surface area (Å²) in [6, 6.07) is 0. The van der Waals surface area contributed by atoms with E-state index in [1.54, 1.807) is 0 Å². The third-order valence-corrected chi connectivity index (χ3v) is 1.72. The van der Waals surface area contributed by atoms with Gasteiger partial charge in [0.25, 0.3) is 0 Å². The van der Waals surface area contributed by atoms with Crippen LogP contribution < -0.4 is 5.73 Å². The van der Waals surface area contributed by atoms with Gasteiger partial charge in [0.2, 0.25) is 0 Å². The number of allylic oxidation sites excluding steroid dienone is 4. The number of rotatable bonds is 1. The molecule has 1 unspecified atom stereocenters. The maximum atomic E-state index is 5.61. The minimum absolute atomic E-state index is 0.690. The summed E-state index contributed by atoms with van der Waals surface area (Å²) in [5, 5.41) is 0. The molecule has 0 aromatic heterocycles. The third kappa shape index (κ3) is 1.60. The Kier molecular flexibility index (Phi) is 1.93. The monoisotopic (exact) mass is 123 g/mol. The van der Waals surface area contributed by atoms with Crippen LogP contribution in [0.3, 0.4) is 0 Å². The summed E-state index contributed by atoms with van der Waals surface area (Å²) in [7, 11) is 0. The summed E-state index contributed by atoms with van der Waals surface area (Å²) in [5.74, 6) is 0.690. The van der Waals surface area contributed by atoms with Crippen molar-refractivity contribution >= 4 is 0 Å². The van der Waals surface area contributed by atoms with Crippen molar-refractivity contribution in [1.82, 2.24) is 0 Å². The molecule has 0 heterocycles. The molecule has 0 fully saturated rings. The second-order valence-electron chi connectivity index (χ2n) is 2.50. The topological polar surface area (TPSA) is 26.0 Å². The van der Waals surface area contributed by atoms with Crippen molar-refractivity contribution in [2.45, 2.75) is 19.8 Å². The number of hydrogen-bond acceptors (Lipinski definition) is 1. The standard InChI is InChI=1S/C8H13N/c1-2-7-4-3-5-8(9)6-7/h3-5,7H,2,6,9H2,1H3. The Balaban J connectivity index is 2.51. The normalized spacial score (nSPS) is 25.9. The highest BCUT2D eigenvalue weighted by Crippen LogP contribution is 2.17. The molecule has 0 amide bonds. The lowest BCUT2D eigenvalue weighted by Crippen LogP contribution is -2.06. The largest absolute Gasteiger partial charge is 0.402 e. The summed E-state index contributed by atoms with van der Waals surface area (Å²) in [4.78, 5) is 0. The fourth-order valence-electron chi connectivity index (χ4n) is 1.06. The maximum absolute atomic E-state index is 5.61. The van der Waals surface area contributed by atoms with E-state index in [1.807, 2.05) is 12.2 Å². The lowest BCUT2D eigenvalue weighted by Gasteiger charge is -2.12. The molecule has 1 heteroatoms. The van der Waals surface area contributed by atoms with Gasteiger partial charge in [-0.1, -0.05) is 19.1 Å². The van der Waals surface area contributed by atoms with Crippen LogP contribution in [0.5, 0.6) is 0 Å². The van der Waals surface area contributed by atoms with E-state index < -0.39 is 0 Å². The molecule has 9 heavy (non-hydrogen) atoms. The van der Waals surface area contributed by atoms with E-state index in [2.05, 4.69) is 13.0 Å². The minimum atomic E-state index is 0.690. The highest BCUT2D eigenvalue weighted by molar-refractivity contribution is 5.16. The van der Waals surface area contributed by atoms with Crippen LogP contribution in [0.4, 0.5) is 0 Å². The van der Waals surface area contributed by atoms with Crippen LogP contribution in [0.25, 0.3) is 0 Å². The van der Waals surface area contributed by atoms with E-state index in [1.165, 1.54) is 6.42 Å². The maximum Gasteiger partial charge on any atom is 0.00862 e. The van der Waals surface area contributed by atoms with E-state index in [4.69, 9.17) is 5.73 Å². The molecule has 50 valence electrons. The minimum Gasteiger partial charge on any atom is -0.402 e. The van der Waals surface area contributed by atoms with Crippen molar-refractivity contribution < 1.29 is 0 Å². The molecule has 0 radical (unpaired) electrons. The Morgan fingerprint density at radius 1 is 1.78 bits per heavy atom. The molecule has 0 saturated carbocycles. The average molecular weight is 123 g/mol. The predicted octanol–water partition coefficient (Wildman–Crippen LogP) is 1.82. The molecular formula is C8H13N. The van der Waals surface area contributed by atoms with Gasteiger partial charge in [0, 0.05) is 5.70 Å². The van der Waals surface area contributed by atoms with Gasteiger partial charge in [0.15, 0.2) is 0 Å². The van der Waals surface area contributed by atoms with Gasteiger partial charge in [-0.25, -0.2) is 0 Å². The van der Waals surface area contributed by atoms with Gasteiger partial charge >= 0.3 is 0 Å². The smallest absolute Gasteiger partial charge is 0.00862 e. The lowest BCUT2D eigenvalue weighted by atomic mass is 9.96. The van der Waals surface area contributed by atoms with Crippen LogP contribution in [0, 0.1) is 5.92 Å². The predicted molar refractivity (Wildman–Crippen MR) is 39.8 cm³/mol. The fraction of sp³-hybridized carbons (Fsp3) is 0.500. The quantitative estimate of drug-likeness (QED) is 0.565. The van der Waals surface area contributed by atoms with Crippen molar-refractivity contribution in [3.8, 4) is 0 Å². The van der Waals surface area contributed by atoms with Crippen molar-refractivity contribution in [3.63, 3.8) is 0 Å². The Labute approximate surface area is 56.2 Å². The van der Waals surface area contributed by atoms with E-state index in [0.29, 0.717) is 5.92 Å². The van der Waals surface area contributed by atoms with Gasteiger partial charge in [-0.2, -0.15) is 0 Å². The molecule has 1 rings (SSSR count). The number of hydrogen-bond donors (Lipinski definition) is 1. The molecule has 2 N–H and O–H groups in total. The van der Waals surface area contributed by atoms with Crippen LogP contribution in [-0.2, 0) is 0 Å². The molecular weight excluding hydrogens is 110 g/mol. The van der Waals surface area contributed by atoms with Gasteiger partial charge < -0.3 is 5.73 Å². The van der Waals surface area contributed by atoms with Crippen LogP contribution in [0.15, 0.2) is 23.9 Å². The molecule has 0 saturated heterocycles. The summed E-state index contributed by atoms with van der Waals surface area (Å²) >= 11 is 0. The first-order chi connectivity index (χ1) is 4.33. The molecule has 0 spiro atoms. The SMILES string of the molecule is CCC1C=CC=C(N)C1. The van der Waals surface area contributed by atoms with Crippen LogP contribution in [0.2, 0.25) is 0 Å². The highest BCUT2D eigenvalue weighted by atomic mass is 14.6. The lowest BCUT2D eigenvalue weighted by molar-refractivity contribution is 0.610. The van der Waals surface area contributed by atoms with Crippen LogP contribution in [-0.4, -0.2) is 0 Å². The first-order valence-electron chi connectivity index (χ1n) is 3.45. The van der Waals surface area contributed by atoms with Gasteiger partial charge in [0.1, 0.15) is 0 Å². The molecule has 0 aromatic carbocycles. The second kappa shape index (κ2) is 2.72. The molecule has 0 aromatic rings. The molecule has 0 bridgehead atoms. The van der Waals surface area contributed by atoms with Gasteiger partial charge in [-0.3, -0.25) is 0 Å². The zero-order valence-corrected chi connectivity index (χ0v) is 5.80. The van der Waals surface area contributed by atoms with E-state index >= 15 is 0 Å². The molecule has 1 atom stereocenters. The Morgan fingerprint density at radius 2 is 2.56 bits per heavy atom.